The molecule has 2 aliphatic heterocycles. The van der Waals surface area contributed by atoms with Crippen molar-refractivity contribution < 1.29 is 14.2 Å². The highest BCUT2D eigenvalue weighted by Gasteiger charge is 2.60. The average molecular weight is 156 g/mol. The highest BCUT2D eigenvalue weighted by molar-refractivity contribution is 5.02. The predicted octanol–water partition coefficient (Wildman–Crippen LogP) is 0.681. The van der Waals surface area contributed by atoms with Gasteiger partial charge in [-0.25, -0.2) is 0 Å². The summed E-state index contributed by atoms with van der Waals surface area (Å²) in [5.74, 6) is -0.317. The van der Waals surface area contributed by atoms with Gasteiger partial charge in [0.05, 0.1) is 19.3 Å². The van der Waals surface area contributed by atoms with Crippen molar-refractivity contribution in [1.82, 2.24) is 0 Å². The minimum absolute atomic E-state index is 0.263. The molecule has 0 amide bonds. The van der Waals surface area contributed by atoms with E-state index in [0.717, 1.165) is 19.6 Å². The lowest BCUT2D eigenvalue weighted by atomic mass is 9.94. The quantitative estimate of drug-likeness (QED) is 0.483. The second-order valence-corrected chi connectivity index (χ2v) is 3.50. The van der Waals surface area contributed by atoms with E-state index in [1.54, 1.807) is 0 Å². The third kappa shape index (κ3) is 0.789. The van der Waals surface area contributed by atoms with Crippen molar-refractivity contribution in [1.29, 1.82) is 0 Å². The Morgan fingerprint density at radius 3 is 2.82 bits per heavy atom. The van der Waals surface area contributed by atoms with Gasteiger partial charge in [0.15, 0.2) is 5.79 Å². The van der Waals surface area contributed by atoms with Crippen LogP contribution >= 0.6 is 0 Å². The van der Waals surface area contributed by atoms with Crippen LogP contribution in [0, 0.1) is 0 Å². The number of rotatable bonds is 0. The van der Waals surface area contributed by atoms with Gasteiger partial charge in [-0.15, -0.1) is 0 Å². The fraction of sp³-hybridized carbons (Fsp3) is 1.00. The lowest BCUT2D eigenvalue weighted by Gasteiger charge is -2.28. The molecule has 3 fully saturated rings. The summed E-state index contributed by atoms with van der Waals surface area (Å²) < 4.78 is 16.6. The highest BCUT2D eigenvalue weighted by Crippen LogP contribution is 2.47. The van der Waals surface area contributed by atoms with Crippen molar-refractivity contribution in [3.8, 4) is 0 Å². The first-order chi connectivity index (χ1) is 5.41. The number of fused-ring (bicyclic) bond motifs is 2. The Labute approximate surface area is 65.6 Å². The van der Waals surface area contributed by atoms with Crippen LogP contribution in [0.2, 0.25) is 0 Å². The van der Waals surface area contributed by atoms with Crippen LogP contribution in [-0.4, -0.2) is 31.2 Å². The Kier molecular flexibility index (Phi) is 1.15. The van der Waals surface area contributed by atoms with Crippen LogP contribution < -0.4 is 0 Å². The Morgan fingerprint density at radius 1 is 1.18 bits per heavy atom. The van der Waals surface area contributed by atoms with E-state index in [1.165, 1.54) is 12.8 Å². The smallest absolute Gasteiger partial charge is 0.197 e. The molecule has 0 aromatic rings. The molecule has 0 aromatic heterocycles. The zero-order valence-corrected chi connectivity index (χ0v) is 6.41. The molecule has 3 nitrogen and oxygen atoms in total. The Morgan fingerprint density at radius 2 is 2.00 bits per heavy atom. The van der Waals surface area contributed by atoms with Gasteiger partial charge in [0.2, 0.25) is 0 Å². The van der Waals surface area contributed by atoms with Crippen LogP contribution in [-0.2, 0) is 14.2 Å². The van der Waals surface area contributed by atoms with Crippen LogP contribution in [0.4, 0.5) is 0 Å². The molecule has 1 aliphatic carbocycles. The van der Waals surface area contributed by atoms with Crippen LogP contribution in [0.15, 0.2) is 0 Å². The zero-order chi connectivity index (χ0) is 7.31. The molecule has 1 unspecified atom stereocenters. The van der Waals surface area contributed by atoms with E-state index in [1.807, 2.05) is 0 Å². The van der Waals surface area contributed by atoms with Gasteiger partial charge in [-0.05, 0) is 12.8 Å². The summed E-state index contributed by atoms with van der Waals surface area (Å²) in [5.41, 5.74) is 0. The molecule has 2 heterocycles. The summed E-state index contributed by atoms with van der Waals surface area (Å²) in [6.07, 6.45) is 4.11. The highest BCUT2D eigenvalue weighted by atomic mass is 16.8. The number of hydrogen-bond acceptors (Lipinski definition) is 3. The lowest BCUT2D eigenvalue weighted by Crippen LogP contribution is -2.40. The van der Waals surface area contributed by atoms with Crippen molar-refractivity contribution >= 4 is 0 Å². The van der Waals surface area contributed by atoms with E-state index in [4.69, 9.17) is 14.2 Å². The molecule has 0 bridgehead atoms. The summed E-state index contributed by atoms with van der Waals surface area (Å²) >= 11 is 0. The van der Waals surface area contributed by atoms with Crippen LogP contribution in [0.25, 0.3) is 0 Å². The van der Waals surface area contributed by atoms with Gasteiger partial charge >= 0.3 is 0 Å². The lowest BCUT2D eigenvalue weighted by molar-refractivity contribution is -0.179. The first kappa shape index (κ1) is 6.40. The molecule has 0 radical (unpaired) electrons. The summed E-state index contributed by atoms with van der Waals surface area (Å²) in [6, 6.07) is 0. The van der Waals surface area contributed by atoms with E-state index in [9.17, 15) is 0 Å². The SMILES string of the molecule is C1C[C@@H]2OC2C2(C1)OCCO2. The fourth-order valence-electron chi connectivity index (χ4n) is 2.22. The molecule has 3 aliphatic rings. The van der Waals surface area contributed by atoms with E-state index in [2.05, 4.69) is 0 Å². The molecule has 2 atom stereocenters. The Hall–Kier alpha value is -0.120. The van der Waals surface area contributed by atoms with Crippen molar-refractivity contribution in [2.75, 3.05) is 13.2 Å². The summed E-state index contributed by atoms with van der Waals surface area (Å²) in [7, 11) is 0. The zero-order valence-electron chi connectivity index (χ0n) is 6.41. The Bertz CT molecular complexity index is 174. The molecule has 2 saturated heterocycles. The van der Waals surface area contributed by atoms with Crippen molar-refractivity contribution in [3.05, 3.63) is 0 Å². The van der Waals surface area contributed by atoms with Crippen LogP contribution in [0.5, 0.6) is 0 Å². The maximum atomic E-state index is 5.59. The normalized spacial score (nSPS) is 45.8. The number of hydrogen-bond donors (Lipinski definition) is 0. The standard InChI is InChI=1S/C8H12O3/c1-2-6-7(11-6)8(3-1)9-4-5-10-8/h6-7H,1-5H2/t6-,7?/m0/s1. The second-order valence-electron chi connectivity index (χ2n) is 3.50. The predicted molar refractivity (Wildman–Crippen MR) is 37.1 cm³/mol. The van der Waals surface area contributed by atoms with Gasteiger partial charge in [-0.2, -0.15) is 0 Å². The molecule has 0 N–H and O–H groups in total. The maximum absolute atomic E-state index is 5.59. The van der Waals surface area contributed by atoms with Crippen molar-refractivity contribution in [2.45, 2.75) is 37.3 Å². The molecule has 1 spiro atoms. The van der Waals surface area contributed by atoms with Gasteiger partial charge in [0, 0.05) is 6.42 Å². The maximum Gasteiger partial charge on any atom is 0.197 e. The molecule has 0 aromatic carbocycles. The topological polar surface area (TPSA) is 31.0 Å². The molecule has 11 heavy (non-hydrogen) atoms. The van der Waals surface area contributed by atoms with Crippen molar-refractivity contribution in [2.24, 2.45) is 0 Å². The summed E-state index contributed by atoms with van der Waals surface area (Å²) in [4.78, 5) is 0. The molecular weight excluding hydrogens is 144 g/mol. The van der Waals surface area contributed by atoms with E-state index in [-0.39, 0.29) is 11.9 Å². The first-order valence-electron chi connectivity index (χ1n) is 4.34. The van der Waals surface area contributed by atoms with Crippen LogP contribution in [0.3, 0.4) is 0 Å². The summed E-state index contributed by atoms with van der Waals surface area (Å²) in [5, 5.41) is 0. The Balaban J connectivity index is 1.84. The summed E-state index contributed by atoms with van der Waals surface area (Å²) in [6.45, 7) is 1.49. The molecule has 62 valence electrons. The van der Waals surface area contributed by atoms with E-state index in [0.29, 0.717) is 6.10 Å². The number of epoxide rings is 1. The van der Waals surface area contributed by atoms with Gasteiger partial charge in [-0.1, -0.05) is 0 Å². The van der Waals surface area contributed by atoms with Crippen molar-refractivity contribution in [3.63, 3.8) is 0 Å². The monoisotopic (exact) mass is 156 g/mol. The van der Waals surface area contributed by atoms with Gasteiger partial charge in [0.1, 0.15) is 6.10 Å². The van der Waals surface area contributed by atoms with Gasteiger partial charge in [-0.3, -0.25) is 0 Å². The largest absolute Gasteiger partial charge is 0.364 e. The van der Waals surface area contributed by atoms with E-state index >= 15 is 0 Å². The molecule has 3 rings (SSSR count). The minimum atomic E-state index is -0.317. The molecule has 1 saturated carbocycles. The van der Waals surface area contributed by atoms with Gasteiger partial charge in [0.25, 0.3) is 0 Å². The average Bonchev–Trinajstić information content (AvgIpc) is 2.68. The third-order valence-electron chi connectivity index (χ3n) is 2.81. The van der Waals surface area contributed by atoms with Gasteiger partial charge < -0.3 is 14.2 Å². The molecule has 3 heteroatoms. The van der Waals surface area contributed by atoms with E-state index < -0.39 is 0 Å². The molecular formula is C8H12O3. The van der Waals surface area contributed by atoms with Crippen LogP contribution in [0.1, 0.15) is 19.3 Å². The fourth-order valence-corrected chi connectivity index (χ4v) is 2.22. The second kappa shape index (κ2) is 1.97. The third-order valence-corrected chi connectivity index (χ3v) is 2.81. The number of ether oxygens (including phenoxy) is 3. The minimum Gasteiger partial charge on any atom is -0.364 e. The first-order valence-corrected chi connectivity index (χ1v) is 4.34.